The molecule has 1 heterocycles. The van der Waals surface area contributed by atoms with Crippen LogP contribution in [0.15, 0.2) is 0 Å². The van der Waals surface area contributed by atoms with Crippen LogP contribution in [0.4, 0.5) is 0 Å². The number of aliphatic hydroxyl groups is 8. The average molecular weight is 601 g/mol. The molecule has 5 fully saturated rings. The molecule has 1 aliphatic heterocycles. The number of hydrogen-bond donors (Lipinski definition) is 8. The SMILES string of the molecule is C[C@@H](CCC[C@@H](C)[C@H]1[C@@H](O)[C@@H](O)[C@@H]2[C@]1(C)CC[C@@H]1[C@@]3(C)CC[C@H](O)C[C@@H]3[C@@H](O)C[C@]12O)CO[C@@H]1OC[C@@H](O)[C@H](O)[C@H]1O. The van der Waals surface area contributed by atoms with E-state index in [1.807, 2.05) is 6.92 Å². The molecule has 0 spiro atoms. The molecule has 4 aliphatic carbocycles. The Hall–Kier alpha value is -0.400. The lowest BCUT2D eigenvalue weighted by Crippen LogP contribution is -2.68. The van der Waals surface area contributed by atoms with Gasteiger partial charge in [-0.05, 0) is 78.9 Å². The molecule has 42 heavy (non-hydrogen) atoms. The maximum absolute atomic E-state index is 12.5. The van der Waals surface area contributed by atoms with Crippen molar-refractivity contribution in [2.45, 2.75) is 140 Å². The molecule has 8 N–H and O–H groups in total. The smallest absolute Gasteiger partial charge is 0.186 e. The Kier molecular flexibility index (Phi) is 9.48. The zero-order valence-corrected chi connectivity index (χ0v) is 25.8. The second-order valence-electron chi connectivity index (χ2n) is 15.5. The molecule has 10 heteroatoms. The van der Waals surface area contributed by atoms with Crippen molar-refractivity contribution < 1.29 is 50.3 Å². The average Bonchev–Trinajstić information content (AvgIpc) is 3.13. The van der Waals surface area contributed by atoms with Crippen molar-refractivity contribution in [3.63, 3.8) is 0 Å². The highest BCUT2D eigenvalue weighted by molar-refractivity contribution is 5.21. The highest BCUT2D eigenvalue weighted by Gasteiger charge is 2.72. The van der Waals surface area contributed by atoms with Gasteiger partial charge in [0, 0.05) is 12.3 Å². The molecule has 0 radical (unpaired) electrons. The van der Waals surface area contributed by atoms with E-state index in [1.54, 1.807) is 0 Å². The van der Waals surface area contributed by atoms with Crippen LogP contribution in [0, 0.1) is 46.3 Å². The van der Waals surface area contributed by atoms with Crippen LogP contribution in [0.2, 0.25) is 0 Å². The summed E-state index contributed by atoms with van der Waals surface area (Å²) in [6.07, 6.45) is -1.72. The summed E-state index contributed by atoms with van der Waals surface area (Å²) >= 11 is 0. The van der Waals surface area contributed by atoms with E-state index in [4.69, 9.17) is 9.47 Å². The number of aliphatic hydroxyl groups excluding tert-OH is 7. The van der Waals surface area contributed by atoms with Gasteiger partial charge >= 0.3 is 0 Å². The lowest BCUT2D eigenvalue weighted by molar-refractivity contribution is -0.272. The zero-order valence-electron chi connectivity index (χ0n) is 25.8. The fraction of sp³-hybridized carbons (Fsp3) is 1.00. The highest BCUT2D eigenvalue weighted by atomic mass is 16.7. The zero-order chi connectivity index (χ0) is 30.8. The minimum absolute atomic E-state index is 0.0790. The largest absolute Gasteiger partial charge is 0.393 e. The van der Waals surface area contributed by atoms with E-state index >= 15 is 0 Å². The van der Waals surface area contributed by atoms with Crippen molar-refractivity contribution in [1.29, 1.82) is 0 Å². The summed E-state index contributed by atoms with van der Waals surface area (Å²) in [4.78, 5) is 0. The summed E-state index contributed by atoms with van der Waals surface area (Å²) in [5, 5.41) is 86.7. The number of rotatable bonds is 8. The molecule has 0 amide bonds. The molecule has 0 aromatic rings. The molecule has 4 saturated carbocycles. The van der Waals surface area contributed by atoms with Crippen molar-refractivity contribution in [2.75, 3.05) is 13.2 Å². The van der Waals surface area contributed by atoms with Gasteiger partial charge in [0.25, 0.3) is 0 Å². The van der Waals surface area contributed by atoms with E-state index < -0.39 is 66.0 Å². The molecule has 1 saturated heterocycles. The molecular formula is C32H56O10. The first-order chi connectivity index (χ1) is 19.6. The summed E-state index contributed by atoms with van der Waals surface area (Å²) in [7, 11) is 0. The minimum Gasteiger partial charge on any atom is -0.393 e. The molecule has 0 bridgehead atoms. The molecule has 5 aliphatic rings. The molecule has 10 nitrogen and oxygen atoms in total. The third kappa shape index (κ3) is 5.39. The topological polar surface area (TPSA) is 180 Å². The molecule has 244 valence electrons. The Morgan fingerprint density at radius 3 is 2.24 bits per heavy atom. The molecular weight excluding hydrogens is 544 g/mol. The van der Waals surface area contributed by atoms with Gasteiger partial charge in [0.1, 0.15) is 18.3 Å². The van der Waals surface area contributed by atoms with Crippen LogP contribution < -0.4 is 0 Å². The van der Waals surface area contributed by atoms with Crippen LogP contribution in [0.5, 0.6) is 0 Å². The normalized spacial score (nSPS) is 54.0. The van der Waals surface area contributed by atoms with Gasteiger partial charge in [-0.1, -0.05) is 40.5 Å². The number of hydrogen-bond acceptors (Lipinski definition) is 10. The maximum Gasteiger partial charge on any atom is 0.186 e. The number of ether oxygens (including phenoxy) is 2. The van der Waals surface area contributed by atoms with E-state index in [9.17, 15) is 40.9 Å². The fourth-order valence-corrected chi connectivity index (χ4v) is 10.8. The van der Waals surface area contributed by atoms with Crippen LogP contribution in [0.1, 0.15) is 85.5 Å². The first kappa shape index (κ1) is 33.0. The van der Waals surface area contributed by atoms with Crippen molar-refractivity contribution in [3.8, 4) is 0 Å². The van der Waals surface area contributed by atoms with Crippen molar-refractivity contribution in [3.05, 3.63) is 0 Å². The molecule has 0 aromatic carbocycles. The third-order valence-corrected chi connectivity index (χ3v) is 12.8. The summed E-state index contributed by atoms with van der Waals surface area (Å²) < 4.78 is 11.0. The van der Waals surface area contributed by atoms with E-state index in [2.05, 4.69) is 20.8 Å². The number of fused-ring (bicyclic) bond motifs is 5. The first-order valence-electron chi connectivity index (χ1n) is 16.4. The summed E-state index contributed by atoms with van der Waals surface area (Å²) in [5.74, 6) is -0.652. The van der Waals surface area contributed by atoms with Gasteiger partial charge in [-0.15, -0.1) is 0 Å². The lowest BCUT2D eigenvalue weighted by Gasteiger charge is -2.65. The highest BCUT2D eigenvalue weighted by Crippen LogP contribution is 2.69. The second-order valence-corrected chi connectivity index (χ2v) is 15.5. The third-order valence-electron chi connectivity index (χ3n) is 12.8. The Labute approximate surface area is 250 Å². The quantitative estimate of drug-likeness (QED) is 0.200. The molecule has 17 atom stereocenters. The predicted molar refractivity (Wildman–Crippen MR) is 153 cm³/mol. The monoisotopic (exact) mass is 600 g/mol. The molecule has 0 unspecified atom stereocenters. The Balaban J connectivity index is 1.21. The summed E-state index contributed by atoms with van der Waals surface area (Å²) in [5.41, 5.74) is -2.08. The first-order valence-corrected chi connectivity index (χ1v) is 16.4. The van der Waals surface area contributed by atoms with E-state index in [-0.39, 0.29) is 48.0 Å². The fourth-order valence-electron chi connectivity index (χ4n) is 10.8. The van der Waals surface area contributed by atoms with Gasteiger partial charge in [-0.25, -0.2) is 0 Å². The van der Waals surface area contributed by atoms with E-state index in [0.717, 1.165) is 38.5 Å². The van der Waals surface area contributed by atoms with Crippen molar-refractivity contribution in [1.82, 2.24) is 0 Å². The summed E-state index contributed by atoms with van der Waals surface area (Å²) in [6, 6.07) is 0. The predicted octanol–water partition coefficient (Wildman–Crippen LogP) is 0.932. The van der Waals surface area contributed by atoms with E-state index in [1.165, 1.54) is 0 Å². The Bertz CT molecular complexity index is 937. The molecule has 0 aromatic heterocycles. The van der Waals surface area contributed by atoms with Gasteiger partial charge in [0.2, 0.25) is 0 Å². The standard InChI is InChI=1S/C32H56O10/c1-16(14-41-29-27(39)24(36)21(35)15-42-29)6-5-7-17(2)23-25(37)26(38)28-31(23,4)11-9-22-30(3)10-8-18(33)12-19(30)20(34)13-32(22,28)40/h16-29,33-40H,5-15H2,1-4H3/t16-,17+,18-,19+,20-,21+,22+,23-,24-,25+,26+,27+,28+,29+,30-,31+,32-/m0/s1. The van der Waals surface area contributed by atoms with Gasteiger partial charge in [0.15, 0.2) is 6.29 Å². The minimum atomic E-state index is -1.31. The van der Waals surface area contributed by atoms with Crippen molar-refractivity contribution >= 4 is 0 Å². The van der Waals surface area contributed by atoms with Gasteiger partial charge in [0.05, 0.1) is 43.2 Å². The Morgan fingerprint density at radius 1 is 0.833 bits per heavy atom. The lowest BCUT2D eigenvalue weighted by atomic mass is 9.42. The van der Waals surface area contributed by atoms with Crippen molar-refractivity contribution in [2.24, 2.45) is 46.3 Å². The van der Waals surface area contributed by atoms with E-state index in [0.29, 0.717) is 19.4 Å². The van der Waals surface area contributed by atoms with Gasteiger partial charge in [-0.2, -0.15) is 0 Å². The van der Waals surface area contributed by atoms with Crippen LogP contribution >= 0.6 is 0 Å². The van der Waals surface area contributed by atoms with Crippen LogP contribution in [-0.2, 0) is 9.47 Å². The van der Waals surface area contributed by atoms with Crippen LogP contribution in [0.25, 0.3) is 0 Å². The summed E-state index contributed by atoms with van der Waals surface area (Å²) in [6.45, 7) is 8.67. The van der Waals surface area contributed by atoms with Crippen LogP contribution in [-0.4, -0.2) is 109 Å². The maximum atomic E-state index is 12.5. The van der Waals surface area contributed by atoms with Crippen LogP contribution in [0.3, 0.4) is 0 Å². The van der Waals surface area contributed by atoms with Gasteiger partial charge < -0.3 is 50.3 Å². The second kappa shape index (κ2) is 12.1. The molecule has 5 rings (SSSR count). The Morgan fingerprint density at radius 2 is 1.52 bits per heavy atom. The van der Waals surface area contributed by atoms with Gasteiger partial charge in [-0.3, -0.25) is 0 Å².